The van der Waals surface area contributed by atoms with Crippen LogP contribution in [0.15, 0.2) is 24.3 Å². The highest BCUT2D eigenvalue weighted by atomic mass is 16.5. The number of ether oxygens (including phenoxy) is 1. The molecule has 0 aliphatic rings. The topological polar surface area (TPSA) is 21.3 Å². The normalized spacial score (nSPS) is 11.5. The number of rotatable bonds is 7. The molecule has 0 aliphatic carbocycles. The molecule has 0 saturated heterocycles. The second-order valence-electron chi connectivity index (χ2n) is 5.04. The third kappa shape index (κ3) is 5.22. The Labute approximate surface area is 105 Å². The van der Waals surface area contributed by atoms with Crippen LogP contribution in [0, 0.1) is 0 Å². The second kappa shape index (κ2) is 6.65. The van der Waals surface area contributed by atoms with Crippen molar-refractivity contribution in [2.45, 2.75) is 46.1 Å². The first kappa shape index (κ1) is 14.0. The molecule has 17 heavy (non-hydrogen) atoms. The minimum atomic E-state index is -0.165. The fourth-order valence-corrected chi connectivity index (χ4v) is 1.75. The zero-order valence-electron chi connectivity index (χ0n) is 11.5. The first-order valence-electron chi connectivity index (χ1n) is 6.56. The van der Waals surface area contributed by atoms with Crippen molar-refractivity contribution in [1.82, 2.24) is 5.32 Å². The molecular weight excluding hydrogens is 210 g/mol. The third-order valence-corrected chi connectivity index (χ3v) is 2.68. The maximum Gasteiger partial charge on any atom is 0.120 e. The van der Waals surface area contributed by atoms with E-state index in [-0.39, 0.29) is 5.60 Å². The van der Waals surface area contributed by atoms with Crippen molar-refractivity contribution in [3.8, 4) is 5.75 Å². The van der Waals surface area contributed by atoms with Crippen molar-refractivity contribution >= 4 is 0 Å². The number of hydrogen-bond donors (Lipinski definition) is 1. The molecule has 2 nitrogen and oxygen atoms in total. The van der Waals surface area contributed by atoms with Crippen molar-refractivity contribution < 1.29 is 4.74 Å². The van der Waals surface area contributed by atoms with E-state index < -0.39 is 0 Å². The Bertz CT molecular complexity index is 333. The Kier molecular flexibility index (Phi) is 5.49. The highest BCUT2D eigenvalue weighted by Gasteiger charge is 2.19. The van der Waals surface area contributed by atoms with Gasteiger partial charge in [-0.15, -0.1) is 0 Å². The molecule has 2 heteroatoms. The first-order valence-corrected chi connectivity index (χ1v) is 6.56. The Morgan fingerprint density at radius 1 is 1.24 bits per heavy atom. The van der Waals surface area contributed by atoms with E-state index >= 15 is 0 Å². The fourth-order valence-electron chi connectivity index (χ4n) is 1.75. The number of nitrogens with one attached hydrogen (secondary N) is 1. The van der Waals surface area contributed by atoms with Crippen LogP contribution in [0.2, 0.25) is 0 Å². The Balaban J connectivity index is 2.55. The van der Waals surface area contributed by atoms with E-state index in [1.54, 1.807) is 0 Å². The maximum atomic E-state index is 6.03. The minimum Gasteiger partial charge on any atom is -0.487 e. The van der Waals surface area contributed by atoms with Crippen molar-refractivity contribution in [2.75, 3.05) is 13.1 Å². The average molecular weight is 235 g/mol. The Hall–Kier alpha value is -1.02. The van der Waals surface area contributed by atoms with Gasteiger partial charge in [-0.1, -0.05) is 26.0 Å². The number of benzene rings is 1. The lowest BCUT2D eigenvalue weighted by atomic mass is 10.1. The molecule has 1 N–H and O–H groups in total. The zero-order valence-corrected chi connectivity index (χ0v) is 11.5. The van der Waals surface area contributed by atoms with Gasteiger partial charge in [0.1, 0.15) is 11.4 Å². The lowest BCUT2D eigenvalue weighted by Crippen LogP contribution is -2.40. The van der Waals surface area contributed by atoms with Gasteiger partial charge in [-0.25, -0.2) is 0 Å². The molecule has 1 aromatic carbocycles. The monoisotopic (exact) mass is 235 g/mol. The van der Waals surface area contributed by atoms with Crippen LogP contribution in [0.25, 0.3) is 0 Å². The smallest absolute Gasteiger partial charge is 0.120 e. The molecule has 0 aliphatic heterocycles. The van der Waals surface area contributed by atoms with Crippen LogP contribution in [-0.2, 0) is 6.42 Å². The lowest BCUT2D eigenvalue weighted by molar-refractivity contribution is 0.108. The molecule has 0 fully saturated rings. The van der Waals surface area contributed by atoms with Gasteiger partial charge in [0.05, 0.1) is 0 Å². The standard InChI is InChI=1S/C15H25NO/c1-5-10-16-12-15(3,4)17-14-9-7-8-13(6-2)11-14/h7-9,11,16H,5-6,10,12H2,1-4H3. The molecule has 0 heterocycles. The van der Waals surface area contributed by atoms with Crippen LogP contribution >= 0.6 is 0 Å². The number of aryl methyl sites for hydroxylation is 1. The summed E-state index contributed by atoms with van der Waals surface area (Å²) in [4.78, 5) is 0. The second-order valence-corrected chi connectivity index (χ2v) is 5.04. The van der Waals surface area contributed by atoms with Crippen LogP contribution in [-0.4, -0.2) is 18.7 Å². The summed E-state index contributed by atoms with van der Waals surface area (Å²) >= 11 is 0. The molecule has 1 rings (SSSR count). The summed E-state index contributed by atoms with van der Waals surface area (Å²) in [5.74, 6) is 0.965. The first-order chi connectivity index (χ1) is 8.07. The molecule has 96 valence electrons. The van der Waals surface area contributed by atoms with Gasteiger partial charge >= 0.3 is 0 Å². The van der Waals surface area contributed by atoms with Crippen LogP contribution in [0.1, 0.15) is 39.7 Å². The van der Waals surface area contributed by atoms with Crippen LogP contribution in [0.4, 0.5) is 0 Å². The van der Waals surface area contributed by atoms with Crippen molar-refractivity contribution in [2.24, 2.45) is 0 Å². The molecule has 0 unspecified atom stereocenters. The minimum absolute atomic E-state index is 0.165. The zero-order chi connectivity index (χ0) is 12.7. The summed E-state index contributed by atoms with van der Waals surface area (Å²) in [6, 6.07) is 8.35. The van der Waals surface area contributed by atoms with Gasteiger partial charge in [0.25, 0.3) is 0 Å². The largest absolute Gasteiger partial charge is 0.487 e. The van der Waals surface area contributed by atoms with Gasteiger partial charge in [-0.2, -0.15) is 0 Å². The van der Waals surface area contributed by atoms with Crippen molar-refractivity contribution in [3.63, 3.8) is 0 Å². The van der Waals surface area contributed by atoms with E-state index in [4.69, 9.17) is 4.74 Å². The average Bonchev–Trinajstić information content (AvgIpc) is 2.29. The third-order valence-electron chi connectivity index (χ3n) is 2.68. The Morgan fingerprint density at radius 3 is 2.65 bits per heavy atom. The Morgan fingerprint density at radius 2 is 2.00 bits per heavy atom. The summed E-state index contributed by atoms with van der Waals surface area (Å²) in [5, 5.41) is 3.40. The maximum absolute atomic E-state index is 6.03. The fraction of sp³-hybridized carbons (Fsp3) is 0.600. The number of hydrogen-bond acceptors (Lipinski definition) is 2. The van der Waals surface area contributed by atoms with E-state index in [9.17, 15) is 0 Å². The van der Waals surface area contributed by atoms with E-state index in [0.29, 0.717) is 0 Å². The van der Waals surface area contributed by atoms with Crippen LogP contribution < -0.4 is 10.1 Å². The van der Waals surface area contributed by atoms with Crippen LogP contribution in [0.5, 0.6) is 5.75 Å². The molecule has 0 atom stereocenters. The summed E-state index contributed by atoms with van der Waals surface area (Å²) in [7, 11) is 0. The summed E-state index contributed by atoms with van der Waals surface area (Å²) in [5.41, 5.74) is 1.15. The van der Waals surface area contributed by atoms with E-state index in [2.05, 4.69) is 51.2 Å². The predicted octanol–water partition coefficient (Wildman–Crippen LogP) is 3.41. The SMILES string of the molecule is CCCNCC(C)(C)Oc1cccc(CC)c1. The van der Waals surface area contributed by atoms with Crippen molar-refractivity contribution in [3.05, 3.63) is 29.8 Å². The molecule has 1 aromatic rings. The highest BCUT2D eigenvalue weighted by molar-refractivity contribution is 5.29. The summed E-state index contributed by atoms with van der Waals surface area (Å²) < 4.78 is 6.03. The molecular formula is C15H25NO. The van der Waals surface area contributed by atoms with Gasteiger partial charge in [-0.05, 0) is 50.9 Å². The quantitative estimate of drug-likeness (QED) is 0.731. The highest BCUT2D eigenvalue weighted by Crippen LogP contribution is 2.19. The predicted molar refractivity (Wildman–Crippen MR) is 73.7 cm³/mol. The molecule has 0 spiro atoms. The van der Waals surface area contributed by atoms with Gasteiger partial charge in [0, 0.05) is 6.54 Å². The van der Waals surface area contributed by atoms with E-state index in [1.807, 2.05) is 6.07 Å². The molecule has 0 amide bonds. The lowest BCUT2D eigenvalue weighted by Gasteiger charge is -2.27. The summed E-state index contributed by atoms with van der Waals surface area (Å²) in [6.07, 6.45) is 2.20. The van der Waals surface area contributed by atoms with Crippen LogP contribution in [0.3, 0.4) is 0 Å². The molecule has 0 bridgehead atoms. The summed E-state index contributed by atoms with van der Waals surface area (Å²) in [6.45, 7) is 10.5. The van der Waals surface area contributed by atoms with Gasteiger partial charge in [-0.3, -0.25) is 0 Å². The van der Waals surface area contributed by atoms with Gasteiger partial charge in [0.15, 0.2) is 0 Å². The van der Waals surface area contributed by atoms with Gasteiger partial charge < -0.3 is 10.1 Å². The molecule has 0 aromatic heterocycles. The molecule has 0 radical (unpaired) electrons. The molecule has 0 saturated carbocycles. The van der Waals surface area contributed by atoms with Crippen molar-refractivity contribution in [1.29, 1.82) is 0 Å². The van der Waals surface area contributed by atoms with E-state index in [0.717, 1.165) is 31.7 Å². The van der Waals surface area contributed by atoms with Gasteiger partial charge in [0.2, 0.25) is 0 Å². The van der Waals surface area contributed by atoms with E-state index in [1.165, 1.54) is 5.56 Å².